The first-order valence-electron chi connectivity index (χ1n) is 6.19. The number of nitrogens with zero attached hydrogens (tertiary/aromatic N) is 2. The van der Waals surface area contributed by atoms with Gasteiger partial charge in [0, 0.05) is 17.6 Å². The Morgan fingerprint density at radius 3 is 2.68 bits per heavy atom. The van der Waals surface area contributed by atoms with Gasteiger partial charge in [0.1, 0.15) is 6.07 Å². The lowest BCUT2D eigenvalue weighted by atomic mass is 10.0. The van der Waals surface area contributed by atoms with Gasteiger partial charge in [-0.3, -0.25) is 4.79 Å². The molecule has 1 aromatic carbocycles. The number of benzene rings is 1. The molecule has 4 rings (SSSR count). The van der Waals surface area contributed by atoms with Gasteiger partial charge in [-0.15, -0.1) is 0 Å². The molecule has 0 saturated heterocycles. The maximum absolute atomic E-state index is 12.4. The van der Waals surface area contributed by atoms with Gasteiger partial charge in [0.2, 0.25) is 6.79 Å². The van der Waals surface area contributed by atoms with Crippen LogP contribution >= 0.6 is 0 Å². The van der Waals surface area contributed by atoms with Crippen LogP contribution in [0.4, 0.5) is 0 Å². The molecule has 5 heteroatoms. The van der Waals surface area contributed by atoms with E-state index < -0.39 is 0 Å². The first-order valence-corrected chi connectivity index (χ1v) is 6.19. The molecule has 1 aromatic heterocycles. The molecule has 0 N–H and O–H groups in total. The summed E-state index contributed by atoms with van der Waals surface area (Å²) in [4.78, 5) is 12.4. The molecule has 0 atom stereocenters. The van der Waals surface area contributed by atoms with Gasteiger partial charge in [-0.05, 0) is 25.0 Å². The van der Waals surface area contributed by atoms with E-state index >= 15 is 0 Å². The van der Waals surface area contributed by atoms with Crippen LogP contribution < -0.4 is 15.0 Å². The number of hydrogen-bond donors (Lipinski definition) is 0. The van der Waals surface area contributed by atoms with Crippen molar-refractivity contribution in [3.8, 4) is 17.6 Å². The van der Waals surface area contributed by atoms with E-state index in [1.165, 1.54) is 0 Å². The molecule has 0 bridgehead atoms. The predicted octanol–water partition coefficient (Wildman–Crippen LogP) is 1.55. The van der Waals surface area contributed by atoms with Crippen LogP contribution in [-0.2, 0) is 13.0 Å². The Kier molecular flexibility index (Phi) is 1.93. The van der Waals surface area contributed by atoms with E-state index in [2.05, 4.69) is 6.07 Å². The average Bonchev–Trinajstić information content (AvgIpc) is 3.05. The number of pyridine rings is 1. The highest BCUT2D eigenvalue weighted by molar-refractivity contribution is 5.91. The van der Waals surface area contributed by atoms with Crippen molar-refractivity contribution in [2.24, 2.45) is 0 Å². The third kappa shape index (κ3) is 1.26. The van der Waals surface area contributed by atoms with E-state index in [4.69, 9.17) is 9.47 Å². The van der Waals surface area contributed by atoms with E-state index in [1.807, 2.05) is 0 Å². The van der Waals surface area contributed by atoms with Crippen molar-refractivity contribution < 1.29 is 9.47 Å². The van der Waals surface area contributed by atoms with Crippen molar-refractivity contribution in [1.82, 2.24) is 4.57 Å². The van der Waals surface area contributed by atoms with E-state index in [-0.39, 0.29) is 12.4 Å². The highest BCUT2D eigenvalue weighted by Gasteiger charge is 2.23. The second-order valence-electron chi connectivity index (χ2n) is 4.74. The van der Waals surface area contributed by atoms with Gasteiger partial charge in [0.05, 0.1) is 10.9 Å². The first-order chi connectivity index (χ1) is 9.29. The summed E-state index contributed by atoms with van der Waals surface area (Å²) >= 11 is 0. The summed E-state index contributed by atoms with van der Waals surface area (Å²) in [6.45, 7) is 0.849. The fourth-order valence-corrected chi connectivity index (χ4v) is 2.91. The minimum atomic E-state index is -0.0419. The Morgan fingerprint density at radius 1 is 1.21 bits per heavy atom. The Labute approximate surface area is 108 Å². The van der Waals surface area contributed by atoms with E-state index in [0.29, 0.717) is 34.4 Å². The second-order valence-corrected chi connectivity index (χ2v) is 4.74. The van der Waals surface area contributed by atoms with E-state index in [9.17, 15) is 10.1 Å². The monoisotopic (exact) mass is 254 g/mol. The normalized spacial score (nSPS) is 15.5. The van der Waals surface area contributed by atoms with Crippen molar-refractivity contribution in [3.05, 3.63) is 33.7 Å². The van der Waals surface area contributed by atoms with E-state index in [1.54, 1.807) is 16.7 Å². The molecule has 0 unspecified atom stereocenters. The minimum Gasteiger partial charge on any atom is -0.454 e. The van der Waals surface area contributed by atoms with Crippen LogP contribution in [0.25, 0.3) is 10.8 Å². The third-order valence-electron chi connectivity index (χ3n) is 3.78. The predicted molar refractivity (Wildman–Crippen MR) is 67.4 cm³/mol. The van der Waals surface area contributed by atoms with Crippen molar-refractivity contribution in [2.45, 2.75) is 19.4 Å². The number of hydrogen-bond acceptors (Lipinski definition) is 4. The van der Waals surface area contributed by atoms with Crippen LogP contribution in [0.2, 0.25) is 0 Å². The smallest absolute Gasteiger partial charge is 0.258 e. The molecule has 94 valence electrons. The maximum Gasteiger partial charge on any atom is 0.258 e. The molecule has 0 spiro atoms. The van der Waals surface area contributed by atoms with Crippen LogP contribution in [0.3, 0.4) is 0 Å². The molecule has 0 aliphatic carbocycles. The van der Waals surface area contributed by atoms with Crippen molar-refractivity contribution >= 4 is 10.8 Å². The molecule has 0 fully saturated rings. The molecule has 2 aromatic rings. The number of nitriles is 1. The van der Waals surface area contributed by atoms with Crippen molar-refractivity contribution in [2.75, 3.05) is 6.79 Å². The van der Waals surface area contributed by atoms with Gasteiger partial charge < -0.3 is 14.0 Å². The molecule has 0 radical (unpaired) electrons. The summed E-state index contributed by atoms with van der Waals surface area (Å²) < 4.78 is 12.3. The molecule has 2 aliphatic heterocycles. The highest BCUT2D eigenvalue weighted by atomic mass is 16.7. The van der Waals surface area contributed by atoms with E-state index in [0.717, 1.165) is 18.5 Å². The summed E-state index contributed by atoms with van der Waals surface area (Å²) in [5.74, 6) is 1.18. The minimum absolute atomic E-state index is 0.0419. The van der Waals surface area contributed by atoms with Gasteiger partial charge in [0.15, 0.2) is 11.5 Å². The van der Waals surface area contributed by atoms with Gasteiger partial charge in [-0.1, -0.05) is 0 Å². The topological polar surface area (TPSA) is 64.2 Å². The molecule has 0 amide bonds. The molecule has 2 aliphatic rings. The van der Waals surface area contributed by atoms with Gasteiger partial charge in [-0.25, -0.2) is 0 Å². The van der Waals surface area contributed by atoms with Crippen LogP contribution in [0, 0.1) is 11.3 Å². The number of rotatable bonds is 0. The molecule has 0 saturated carbocycles. The van der Waals surface area contributed by atoms with Crippen LogP contribution in [0.15, 0.2) is 16.9 Å². The lowest BCUT2D eigenvalue weighted by molar-refractivity contribution is 0.174. The number of aromatic nitrogens is 1. The lowest BCUT2D eigenvalue weighted by Gasteiger charge is -2.09. The summed E-state index contributed by atoms with van der Waals surface area (Å²) in [7, 11) is 0. The molecule has 3 heterocycles. The third-order valence-corrected chi connectivity index (χ3v) is 3.78. The Bertz CT molecular complexity index is 814. The first kappa shape index (κ1) is 10.4. The summed E-state index contributed by atoms with van der Waals surface area (Å²) in [5, 5.41) is 10.6. The maximum atomic E-state index is 12.4. The molecular formula is C14H10N2O3. The Balaban J connectivity index is 2.21. The largest absolute Gasteiger partial charge is 0.454 e. The van der Waals surface area contributed by atoms with Crippen LogP contribution in [-0.4, -0.2) is 11.4 Å². The number of ether oxygens (including phenoxy) is 2. The lowest BCUT2D eigenvalue weighted by Crippen LogP contribution is -2.20. The molecular weight excluding hydrogens is 244 g/mol. The number of fused-ring (bicyclic) bond motifs is 3. The van der Waals surface area contributed by atoms with Crippen molar-refractivity contribution in [1.29, 1.82) is 5.26 Å². The standard InChI is InChI=1S/C14H10N2O3/c15-6-10-8-4-12-13(19-7-18-12)5-9(8)14(17)16-3-1-2-11(10)16/h4-5H,1-3,7H2. The fraction of sp³-hybridized carbons (Fsp3) is 0.286. The van der Waals surface area contributed by atoms with Crippen LogP contribution in [0.1, 0.15) is 17.7 Å². The SMILES string of the molecule is N#Cc1c2n(c(=O)c3cc4c(cc13)OCO4)CCC2. The fourth-order valence-electron chi connectivity index (χ4n) is 2.91. The van der Waals surface area contributed by atoms with Gasteiger partial charge in [0.25, 0.3) is 5.56 Å². The highest BCUT2D eigenvalue weighted by Crippen LogP contribution is 2.37. The zero-order chi connectivity index (χ0) is 13.0. The zero-order valence-electron chi connectivity index (χ0n) is 10.1. The summed E-state index contributed by atoms with van der Waals surface area (Å²) in [6, 6.07) is 5.67. The second kappa shape index (κ2) is 3.51. The van der Waals surface area contributed by atoms with Gasteiger partial charge in [-0.2, -0.15) is 5.26 Å². The molecule has 5 nitrogen and oxygen atoms in total. The van der Waals surface area contributed by atoms with Gasteiger partial charge >= 0.3 is 0 Å². The Morgan fingerprint density at radius 2 is 1.95 bits per heavy atom. The quantitative estimate of drug-likeness (QED) is 0.715. The van der Waals surface area contributed by atoms with Crippen LogP contribution in [0.5, 0.6) is 11.5 Å². The Hall–Kier alpha value is -2.48. The average molecular weight is 254 g/mol. The molecule has 19 heavy (non-hydrogen) atoms. The zero-order valence-corrected chi connectivity index (χ0v) is 10.1. The van der Waals surface area contributed by atoms with Crippen molar-refractivity contribution in [3.63, 3.8) is 0 Å². The summed E-state index contributed by atoms with van der Waals surface area (Å²) in [6.07, 6.45) is 1.69. The summed E-state index contributed by atoms with van der Waals surface area (Å²) in [5.41, 5.74) is 1.39.